The molecule has 2 atom stereocenters. The summed E-state index contributed by atoms with van der Waals surface area (Å²) in [7, 11) is 0. The van der Waals surface area contributed by atoms with Gasteiger partial charge in [0.15, 0.2) is 12.3 Å². The van der Waals surface area contributed by atoms with Crippen molar-refractivity contribution < 1.29 is 28.3 Å². The zero-order valence-corrected chi connectivity index (χ0v) is 14.3. The number of carbonyl (C=O) groups excluding carboxylic acids is 4. The summed E-state index contributed by atoms with van der Waals surface area (Å²) in [6.45, 7) is 5.20. The third kappa shape index (κ3) is 5.30. The topological polar surface area (TPSA) is 134 Å². The monoisotopic (exact) mass is 351 g/mol. The van der Waals surface area contributed by atoms with Crippen LogP contribution in [0.4, 0.5) is 0 Å². The normalized spacial score (nSPS) is 12.5. The summed E-state index contributed by atoms with van der Waals surface area (Å²) in [5, 5.41) is 2.50. The lowest BCUT2D eigenvalue weighted by atomic mass is 10.3. The van der Waals surface area contributed by atoms with Gasteiger partial charge in [0, 0.05) is 17.8 Å². The quantitative estimate of drug-likeness (QED) is 0.726. The number of hydrogen-bond donors (Lipinski definition) is 2. The largest absolute Gasteiger partial charge is 0.463 e. The number of nitrogens with zero attached hydrogens (tertiary/aromatic N) is 1. The van der Waals surface area contributed by atoms with Crippen LogP contribution in [0.25, 0.3) is 11.1 Å². The number of aromatic nitrogens is 1. The number of ether oxygens (including phenoxy) is 1. The van der Waals surface area contributed by atoms with Crippen molar-refractivity contribution in [3.63, 3.8) is 0 Å². The van der Waals surface area contributed by atoms with E-state index in [1.165, 1.54) is 0 Å². The minimum absolute atomic E-state index is 0.0728. The van der Waals surface area contributed by atoms with Crippen LogP contribution in [0.15, 0.2) is 22.8 Å². The highest BCUT2D eigenvalue weighted by molar-refractivity contribution is 5.86. The molecule has 0 saturated heterocycles. The zero-order chi connectivity index (χ0) is 19.0. The third-order valence-electron chi connectivity index (χ3n) is 3.43. The SMILES string of the molecule is CCc1cc2occc2n1COC(=O)[C@H](C)NC(=O)[C@H](C)N.O=C=O. The van der Waals surface area contributed by atoms with Gasteiger partial charge in [0.1, 0.15) is 6.04 Å². The molecule has 0 radical (unpaired) electrons. The molecule has 9 nitrogen and oxygen atoms in total. The molecule has 1 amide bonds. The fourth-order valence-corrected chi connectivity index (χ4v) is 2.13. The highest BCUT2D eigenvalue weighted by Crippen LogP contribution is 2.21. The number of aryl methyl sites for hydroxylation is 1. The van der Waals surface area contributed by atoms with Crippen LogP contribution in [-0.4, -0.2) is 34.7 Å². The minimum Gasteiger partial charge on any atom is -0.463 e. The number of furan rings is 1. The van der Waals surface area contributed by atoms with Gasteiger partial charge in [-0.15, -0.1) is 0 Å². The van der Waals surface area contributed by atoms with Gasteiger partial charge >= 0.3 is 12.1 Å². The van der Waals surface area contributed by atoms with Gasteiger partial charge in [-0.2, -0.15) is 9.59 Å². The molecule has 0 aliphatic rings. The molecule has 0 aliphatic heterocycles. The molecule has 25 heavy (non-hydrogen) atoms. The smallest absolute Gasteiger partial charge is 0.373 e. The lowest BCUT2D eigenvalue weighted by Crippen LogP contribution is -2.46. The maximum absolute atomic E-state index is 12.0. The molecule has 0 saturated carbocycles. The van der Waals surface area contributed by atoms with Crippen molar-refractivity contribution in [3.05, 3.63) is 24.1 Å². The van der Waals surface area contributed by atoms with Crippen LogP contribution in [0, 0.1) is 0 Å². The molecule has 2 aromatic rings. The van der Waals surface area contributed by atoms with Gasteiger partial charge in [0.25, 0.3) is 0 Å². The maximum Gasteiger partial charge on any atom is 0.373 e. The second-order valence-electron chi connectivity index (χ2n) is 5.28. The number of hydrogen-bond acceptors (Lipinski definition) is 7. The molecule has 0 aromatic carbocycles. The van der Waals surface area contributed by atoms with Gasteiger partial charge in [-0.1, -0.05) is 6.92 Å². The van der Waals surface area contributed by atoms with Crippen LogP contribution in [0.2, 0.25) is 0 Å². The van der Waals surface area contributed by atoms with E-state index in [0.717, 1.165) is 23.2 Å². The van der Waals surface area contributed by atoms with E-state index in [1.54, 1.807) is 20.1 Å². The van der Waals surface area contributed by atoms with Crippen LogP contribution in [0.5, 0.6) is 0 Å². The van der Waals surface area contributed by atoms with E-state index in [9.17, 15) is 9.59 Å². The van der Waals surface area contributed by atoms with E-state index in [4.69, 9.17) is 24.5 Å². The molecular weight excluding hydrogens is 330 g/mol. The second-order valence-corrected chi connectivity index (χ2v) is 5.28. The first kappa shape index (κ1) is 20.1. The van der Waals surface area contributed by atoms with E-state index in [0.29, 0.717) is 0 Å². The zero-order valence-electron chi connectivity index (χ0n) is 14.3. The number of esters is 1. The third-order valence-corrected chi connectivity index (χ3v) is 3.43. The Morgan fingerprint density at radius 1 is 1.40 bits per heavy atom. The Balaban J connectivity index is 0.000000970. The maximum atomic E-state index is 12.0. The number of rotatable bonds is 6. The number of nitrogens with one attached hydrogen (secondary N) is 1. The summed E-state index contributed by atoms with van der Waals surface area (Å²) in [6.07, 6.45) is 2.63. The number of fused-ring (bicyclic) bond motifs is 1. The fraction of sp³-hybridized carbons (Fsp3) is 0.438. The highest BCUT2D eigenvalue weighted by Gasteiger charge is 2.19. The second kappa shape index (κ2) is 9.41. The van der Waals surface area contributed by atoms with Crippen molar-refractivity contribution in [1.82, 2.24) is 9.88 Å². The van der Waals surface area contributed by atoms with Gasteiger partial charge in [0.2, 0.25) is 5.91 Å². The lowest BCUT2D eigenvalue weighted by Gasteiger charge is -2.16. The lowest BCUT2D eigenvalue weighted by molar-refractivity contribution is -0.191. The molecule has 136 valence electrons. The summed E-state index contributed by atoms with van der Waals surface area (Å²) >= 11 is 0. The van der Waals surface area contributed by atoms with E-state index < -0.39 is 24.0 Å². The molecule has 0 fully saturated rings. The molecule has 3 N–H and O–H groups in total. The van der Waals surface area contributed by atoms with Gasteiger partial charge < -0.3 is 24.8 Å². The molecule has 2 rings (SSSR count). The summed E-state index contributed by atoms with van der Waals surface area (Å²) < 4.78 is 12.5. The first-order valence-corrected chi connectivity index (χ1v) is 7.63. The summed E-state index contributed by atoms with van der Waals surface area (Å²) in [4.78, 5) is 39.7. The number of nitrogens with two attached hydrogens (primary N) is 1. The summed E-state index contributed by atoms with van der Waals surface area (Å²) in [6, 6.07) is 2.32. The van der Waals surface area contributed by atoms with Gasteiger partial charge in [-0.05, 0) is 20.3 Å². The molecule has 0 aliphatic carbocycles. The minimum atomic E-state index is -0.751. The van der Waals surface area contributed by atoms with Crippen molar-refractivity contribution in [3.8, 4) is 0 Å². The van der Waals surface area contributed by atoms with Gasteiger partial charge in [-0.3, -0.25) is 4.79 Å². The van der Waals surface area contributed by atoms with E-state index in [-0.39, 0.29) is 12.9 Å². The van der Waals surface area contributed by atoms with Crippen LogP contribution in [0.1, 0.15) is 26.5 Å². The van der Waals surface area contributed by atoms with Crippen molar-refractivity contribution in [2.45, 2.75) is 46.0 Å². The van der Waals surface area contributed by atoms with Crippen molar-refractivity contribution in [1.29, 1.82) is 0 Å². The Kier molecular flexibility index (Phi) is 7.58. The standard InChI is InChI=1S/C15H21N3O4.CO2/c1-4-11-7-13-12(5-6-21-13)18(11)8-22-15(20)10(3)17-14(19)9(2)16;2-1-3/h5-7,9-10H,4,8,16H2,1-3H3,(H,17,19);/t9-,10-;/m0./s1. The predicted molar refractivity (Wildman–Crippen MR) is 85.9 cm³/mol. The Morgan fingerprint density at radius 2 is 2.04 bits per heavy atom. The fourth-order valence-electron chi connectivity index (χ4n) is 2.13. The molecule has 2 heterocycles. The predicted octanol–water partition coefficient (Wildman–Crippen LogP) is 0.566. The molecule has 0 unspecified atom stereocenters. The van der Waals surface area contributed by atoms with Crippen molar-refractivity contribution in [2.75, 3.05) is 0 Å². The van der Waals surface area contributed by atoms with Crippen molar-refractivity contribution in [2.24, 2.45) is 5.73 Å². The van der Waals surface area contributed by atoms with Crippen LogP contribution >= 0.6 is 0 Å². The average molecular weight is 351 g/mol. The first-order valence-electron chi connectivity index (χ1n) is 7.63. The first-order chi connectivity index (χ1) is 11.8. The molecule has 2 aromatic heterocycles. The Morgan fingerprint density at radius 3 is 2.60 bits per heavy atom. The Labute approximate surface area is 144 Å². The van der Waals surface area contributed by atoms with Gasteiger partial charge in [0.05, 0.1) is 17.8 Å². The Bertz CT molecular complexity index is 755. The number of carbonyl (C=O) groups is 2. The van der Waals surface area contributed by atoms with Crippen LogP contribution in [-0.2, 0) is 37.1 Å². The van der Waals surface area contributed by atoms with E-state index in [1.807, 2.05) is 23.6 Å². The molecule has 0 bridgehead atoms. The number of amides is 1. The Hall–Kier alpha value is -2.90. The average Bonchev–Trinajstić information content (AvgIpc) is 3.13. The highest BCUT2D eigenvalue weighted by atomic mass is 16.5. The van der Waals surface area contributed by atoms with Crippen molar-refractivity contribution >= 4 is 29.1 Å². The van der Waals surface area contributed by atoms with E-state index >= 15 is 0 Å². The molecule has 9 heteroatoms. The van der Waals surface area contributed by atoms with Crippen LogP contribution < -0.4 is 11.1 Å². The summed E-state index contributed by atoms with van der Waals surface area (Å²) in [5.74, 6) is -0.904. The van der Waals surface area contributed by atoms with Gasteiger partial charge in [-0.25, -0.2) is 4.79 Å². The molecular formula is C16H21N3O6. The molecule has 0 spiro atoms. The summed E-state index contributed by atoms with van der Waals surface area (Å²) in [5.41, 5.74) is 8.08. The van der Waals surface area contributed by atoms with E-state index in [2.05, 4.69) is 5.32 Å². The van der Waals surface area contributed by atoms with Crippen LogP contribution in [0.3, 0.4) is 0 Å².